The van der Waals surface area contributed by atoms with Crippen LogP contribution in [0.3, 0.4) is 0 Å². The van der Waals surface area contributed by atoms with Gasteiger partial charge >= 0.3 is 0 Å². The van der Waals surface area contributed by atoms with Crippen molar-refractivity contribution < 1.29 is 5.11 Å². The van der Waals surface area contributed by atoms with Crippen LogP contribution in [0.2, 0.25) is 0 Å². The normalized spacial score (nSPS) is 23.0. The van der Waals surface area contributed by atoms with E-state index in [1.54, 1.807) is 0 Å². The summed E-state index contributed by atoms with van der Waals surface area (Å²) in [6.07, 6.45) is 5.82. The van der Waals surface area contributed by atoms with E-state index < -0.39 is 0 Å². The lowest BCUT2D eigenvalue weighted by molar-refractivity contribution is 0.203. The van der Waals surface area contributed by atoms with Crippen molar-refractivity contribution in [2.24, 2.45) is 5.92 Å². The zero-order valence-corrected chi connectivity index (χ0v) is 14.3. The van der Waals surface area contributed by atoms with Crippen molar-refractivity contribution in [1.82, 2.24) is 19.8 Å². The number of hydrogen-bond acceptors (Lipinski definition) is 5. The van der Waals surface area contributed by atoms with Gasteiger partial charge in [-0.15, -0.1) is 15.3 Å². The lowest BCUT2D eigenvalue weighted by Crippen LogP contribution is -2.31. The molecule has 2 heterocycles. The van der Waals surface area contributed by atoms with Crippen molar-refractivity contribution in [2.45, 2.75) is 64.3 Å². The number of anilines is 1. The Bertz CT molecular complexity index is 661. The third-order valence-electron chi connectivity index (χ3n) is 4.66. The number of nitrogens with one attached hydrogen (secondary N) is 1. The van der Waals surface area contributed by atoms with Crippen molar-refractivity contribution in [1.29, 1.82) is 0 Å². The van der Waals surface area contributed by atoms with E-state index in [2.05, 4.69) is 36.3 Å². The minimum absolute atomic E-state index is 0.110. The molecule has 2 aromatic rings. The second-order valence-electron chi connectivity index (χ2n) is 7.59. The fourth-order valence-corrected chi connectivity index (χ4v) is 3.32. The summed E-state index contributed by atoms with van der Waals surface area (Å²) in [6.45, 7) is 6.56. The Labute approximate surface area is 137 Å². The molecule has 1 fully saturated rings. The quantitative estimate of drug-likeness (QED) is 0.851. The Kier molecular flexibility index (Phi) is 4.53. The maximum absolute atomic E-state index is 9.67. The number of hydrogen-bond donors (Lipinski definition) is 2. The maximum Gasteiger partial charge on any atom is 0.178 e. The molecule has 0 aromatic carbocycles. The van der Waals surface area contributed by atoms with E-state index in [0.29, 0.717) is 5.92 Å². The van der Waals surface area contributed by atoms with Gasteiger partial charge in [0.25, 0.3) is 0 Å². The number of fused-ring (bicyclic) bond motifs is 1. The smallest absolute Gasteiger partial charge is 0.178 e. The Morgan fingerprint density at radius 1 is 1.17 bits per heavy atom. The Balaban J connectivity index is 1.87. The van der Waals surface area contributed by atoms with Crippen molar-refractivity contribution in [3.63, 3.8) is 0 Å². The average Bonchev–Trinajstić information content (AvgIpc) is 2.80. The minimum atomic E-state index is -0.110. The van der Waals surface area contributed by atoms with Crippen LogP contribution in [0.1, 0.15) is 58.7 Å². The van der Waals surface area contributed by atoms with Crippen LogP contribution in [-0.2, 0) is 5.41 Å². The maximum atomic E-state index is 9.67. The summed E-state index contributed by atoms with van der Waals surface area (Å²) in [5, 5.41) is 26.4. The Morgan fingerprint density at radius 2 is 1.96 bits per heavy atom. The number of aromatic nitrogens is 4. The molecular formula is C17H27N5O. The van der Waals surface area contributed by atoms with E-state index in [4.69, 9.17) is 5.10 Å². The van der Waals surface area contributed by atoms with Crippen LogP contribution in [0.5, 0.6) is 0 Å². The first-order valence-corrected chi connectivity index (χ1v) is 8.59. The first kappa shape index (κ1) is 16.2. The molecule has 2 unspecified atom stereocenters. The molecule has 3 rings (SSSR count). The van der Waals surface area contributed by atoms with Gasteiger partial charge in [0.1, 0.15) is 5.82 Å². The van der Waals surface area contributed by atoms with Crippen LogP contribution in [0.25, 0.3) is 5.65 Å². The average molecular weight is 317 g/mol. The van der Waals surface area contributed by atoms with Crippen LogP contribution in [0, 0.1) is 5.92 Å². The Hall–Kier alpha value is -1.69. The summed E-state index contributed by atoms with van der Waals surface area (Å²) in [5.41, 5.74) is 0.654. The van der Waals surface area contributed by atoms with Crippen LogP contribution in [0.4, 0.5) is 5.82 Å². The van der Waals surface area contributed by atoms with E-state index >= 15 is 0 Å². The first-order chi connectivity index (χ1) is 11.0. The molecule has 1 aliphatic rings. The molecule has 23 heavy (non-hydrogen) atoms. The van der Waals surface area contributed by atoms with Crippen LogP contribution < -0.4 is 5.32 Å². The number of rotatable bonds is 3. The topological polar surface area (TPSA) is 75.3 Å². The largest absolute Gasteiger partial charge is 0.396 e. The number of aliphatic hydroxyl groups is 1. The lowest BCUT2D eigenvalue weighted by Gasteiger charge is -2.25. The highest BCUT2D eigenvalue weighted by molar-refractivity contribution is 5.45. The highest BCUT2D eigenvalue weighted by Crippen LogP contribution is 2.26. The van der Waals surface area contributed by atoms with E-state index in [-0.39, 0.29) is 18.1 Å². The predicted molar refractivity (Wildman–Crippen MR) is 90.6 cm³/mol. The van der Waals surface area contributed by atoms with E-state index in [9.17, 15) is 5.11 Å². The number of aliphatic hydroxyl groups excluding tert-OH is 1. The van der Waals surface area contributed by atoms with Crippen molar-refractivity contribution in [3.05, 3.63) is 18.0 Å². The van der Waals surface area contributed by atoms with E-state index in [1.165, 1.54) is 19.3 Å². The molecule has 0 saturated heterocycles. The van der Waals surface area contributed by atoms with Crippen molar-refractivity contribution in [2.75, 3.05) is 11.9 Å². The summed E-state index contributed by atoms with van der Waals surface area (Å²) in [6, 6.07) is 4.18. The molecule has 6 nitrogen and oxygen atoms in total. The third-order valence-corrected chi connectivity index (χ3v) is 4.66. The summed E-state index contributed by atoms with van der Waals surface area (Å²) < 4.78 is 1.83. The van der Waals surface area contributed by atoms with Gasteiger partial charge in [0, 0.05) is 24.0 Å². The van der Waals surface area contributed by atoms with Gasteiger partial charge in [0.05, 0.1) is 0 Å². The molecule has 0 aliphatic heterocycles. The third kappa shape index (κ3) is 3.47. The molecule has 6 heteroatoms. The fourth-order valence-electron chi connectivity index (χ4n) is 3.32. The first-order valence-electron chi connectivity index (χ1n) is 8.59. The van der Waals surface area contributed by atoms with Crippen LogP contribution in [-0.4, -0.2) is 37.6 Å². The van der Waals surface area contributed by atoms with Crippen LogP contribution >= 0.6 is 0 Å². The van der Waals surface area contributed by atoms with E-state index in [0.717, 1.165) is 30.1 Å². The van der Waals surface area contributed by atoms with Crippen molar-refractivity contribution >= 4 is 11.5 Å². The highest BCUT2D eigenvalue weighted by Gasteiger charge is 2.25. The van der Waals surface area contributed by atoms with Gasteiger partial charge in [0.2, 0.25) is 0 Å². The van der Waals surface area contributed by atoms with Crippen LogP contribution in [0.15, 0.2) is 12.1 Å². The minimum Gasteiger partial charge on any atom is -0.396 e. The summed E-state index contributed by atoms with van der Waals surface area (Å²) in [7, 11) is 0. The van der Waals surface area contributed by atoms with Gasteiger partial charge < -0.3 is 10.4 Å². The van der Waals surface area contributed by atoms with E-state index in [1.807, 2.05) is 16.6 Å². The molecule has 2 atom stereocenters. The molecule has 0 radical (unpaired) electrons. The molecule has 0 amide bonds. The molecule has 0 bridgehead atoms. The second-order valence-corrected chi connectivity index (χ2v) is 7.59. The SMILES string of the molecule is CC(C)(C)c1nnc2ccc(NC3CCCCCC3CO)nn12. The van der Waals surface area contributed by atoms with Gasteiger partial charge in [-0.25, -0.2) is 0 Å². The molecule has 2 N–H and O–H groups in total. The van der Waals surface area contributed by atoms with Gasteiger partial charge in [-0.05, 0) is 25.0 Å². The molecule has 0 spiro atoms. The van der Waals surface area contributed by atoms with Crippen molar-refractivity contribution in [3.8, 4) is 0 Å². The summed E-state index contributed by atoms with van der Waals surface area (Å²) in [5.74, 6) is 1.99. The lowest BCUT2D eigenvalue weighted by atomic mass is 9.95. The summed E-state index contributed by atoms with van der Waals surface area (Å²) in [4.78, 5) is 0. The summed E-state index contributed by atoms with van der Waals surface area (Å²) >= 11 is 0. The predicted octanol–water partition coefficient (Wildman–Crippen LogP) is 2.77. The molecule has 1 saturated carbocycles. The monoisotopic (exact) mass is 317 g/mol. The molecular weight excluding hydrogens is 290 g/mol. The second kappa shape index (κ2) is 6.43. The van der Waals surface area contributed by atoms with Gasteiger partial charge in [-0.2, -0.15) is 4.52 Å². The van der Waals surface area contributed by atoms with Gasteiger partial charge in [0.15, 0.2) is 11.5 Å². The fraction of sp³-hybridized carbons (Fsp3) is 0.706. The zero-order chi connectivity index (χ0) is 16.4. The molecule has 1 aliphatic carbocycles. The zero-order valence-electron chi connectivity index (χ0n) is 14.3. The van der Waals surface area contributed by atoms with Gasteiger partial charge in [-0.1, -0.05) is 40.0 Å². The number of nitrogens with zero attached hydrogens (tertiary/aromatic N) is 4. The standard InChI is InChI=1S/C17H27N5O/c1-17(2,3)16-20-19-15-10-9-14(21-22(15)16)18-13-8-6-4-5-7-12(13)11-23/h9-10,12-13,23H,4-8,11H2,1-3H3,(H,18,21). The Morgan fingerprint density at radius 3 is 2.70 bits per heavy atom. The molecule has 2 aromatic heterocycles. The highest BCUT2D eigenvalue weighted by atomic mass is 16.3. The molecule has 126 valence electrons. The van der Waals surface area contributed by atoms with Gasteiger partial charge in [-0.3, -0.25) is 0 Å².